The zero-order valence-electron chi connectivity index (χ0n) is 9.75. The number of ether oxygens (including phenoxy) is 1. The van der Waals surface area contributed by atoms with Gasteiger partial charge in [0, 0.05) is 19.0 Å². The van der Waals surface area contributed by atoms with E-state index < -0.39 is 0 Å². The van der Waals surface area contributed by atoms with Crippen LogP contribution in [0.4, 0.5) is 0 Å². The monoisotopic (exact) mass is 228 g/mol. The van der Waals surface area contributed by atoms with Crippen molar-refractivity contribution in [3.63, 3.8) is 0 Å². The average Bonchev–Trinajstić information content (AvgIpc) is 3.06. The summed E-state index contributed by atoms with van der Waals surface area (Å²) in [6.45, 7) is 3.10. The van der Waals surface area contributed by atoms with Crippen molar-refractivity contribution in [2.24, 2.45) is 0 Å². The fourth-order valence-electron chi connectivity index (χ4n) is 1.28. The second-order valence-corrected chi connectivity index (χ2v) is 3.91. The molecule has 1 aliphatic carbocycles. The number of carbonyl (C=O) groups is 2. The summed E-state index contributed by atoms with van der Waals surface area (Å²) in [7, 11) is 0. The van der Waals surface area contributed by atoms with Crippen LogP contribution in [0.3, 0.4) is 0 Å². The maximum absolute atomic E-state index is 11.3. The Labute approximate surface area is 95.9 Å². The number of rotatable bonds is 8. The van der Waals surface area contributed by atoms with Gasteiger partial charge in [0.1, 0.15) is 0 Å². The molecule has 0 aromatic carbocycles. The Morgan fingerprint density at radius 2 is 2.12 bits per heavy atom. The molecule has 0 bridgehead atoms. The third kappa shape index (κ3) is 6.40. The molecular formula is C11H20N2O3. The van der Waals surface area contributed by atoms with Crippen molar-refractivity contribution in [1.29, 1.82) is 0 Å². The molecule has 0 unspecified atom stereocenters. The highest BCUT2D eigenvalue weighted by molar-refractivity contribution is 5.78. The Kier molecular flexibility index (Phi) is 5.85. The Morgan fingerprint density at radius 1 is 1.38 bits per heavy atom. The van der Waals surface area contributed by atoms with E-state index in [1.54, 1.807) is 6.92 Å². The summed E-state index contributed by atoms with van der Waals surface area (Å²) in [6, 6.07) is 0.547. The molecule has 0 spiro atoms. The van der Waals surface area contributed by atoms with Crippen molar-refractivity contribution in [3.8, 4) is 0 Å². The minimum absolute atomic E-state index is 0.00393. The highest BCUT2D eigenvalue weighted by Gasteiger charge is 2.20. The predicted molar refractivity (Wildman–Crippen MR) is 59.9 cm³/mol. The van der Waals surface area contributed by atoms with Gasteiger partial charge in [0.2, 0.25) is 5.91 Å². The van der Waals surface area contributed by atoms with Crippen LogP contribution in [0.2, 0.25) is 0 Å². The van der Waals surface area contributed by atoms with Crippen LogP contribution >= 0.6 is 0 Å². The zero-order valence-corrected chi connectivity index (χ0v) is 9.75. The number of amides is 1. The number of hydrogen-bond donors (Lipinski definition) is 2. The quantitative estimate of drug-likeness (QED) is 0.460. The van der Waals surface area contributed by atoms with Gasteiger partial charge in [-0.2, -0.15) is 0 Å². The van der Waals surface area contributed by atoms with Gasteiger partial charge < -0.3 is 15.4 Å². The topological polar surface area (TPSA) is 67.4 Å². The van der Waals surface area contributed by atoms with Crippen LogP contribution in [0.5, 0.6) is 0 Å². The summed E-state index contributed by atoms with van der Waals surface area (Å²) in [5.41, 5.74) is 0. The predicted octanol–water partition coefficient (Wildman–Crippen LogP) is 0.198. The molecule has 0 aromatic heterocycles. The zero-order chi connectivity index (χ0) is 11.8. The first-order valence-electron chi connectivity index (χ1n) is 5.88. The average molecular weight is 228 g/mol. The molecule has 0 heterocycles. The first-order chi connectivity index (χ1) is 7.72. The minimum atomic E-state index is -0.201. The van der Waals surface area contributed by atoms with E-state index in [0.717, 1.165) is 0 Å². The molecule has 0 saturated heterocycles. The Balaban J connectivity index is 1.89. The molecule has 1 fully saturated rings. The van der Waals surface area contributed by atoms with Crippen LogP contribution < -0.4 is 10.6 Å². The number of esters is 1. The Hall–Kier alpha value is -1.10. The van der Waals surface area contributed by atoms with Gasteiger partial charge in [0.05, 0.1) is 13.2 Å². The maximum atomic E-state index is 11.3. The van der Waals surface area contributed by atoms with Crippen molar-refractivity contribution >= 4 is 11.9 Å². The summed E-state index contributed by atoms with van der Waals surface area (Å²) in [6.07, 6.45) is 3.35. The van der Waals surface area contributed by atoms with Gasteiger partial charge in [-0.25, -0.2) is 0 Å². The SMILES string of the molecule is CCOC(=O)CCCNC(=O)CNC1CC1. The van der Waals surface area contributed by atoms with Crippen molar-refractivity contribution in [2.45, 2.75) is 38.6 Å². The molecular weight excluding hydrogens is 208 g/mol. The van der Waals surface area contributed by atoms with E-state index in [1.807, 2.05) is 0 Å². The second kappa shape index (κ2) is 7.22. The molecule has 92 valence electrons. The Bertz CT molecular complexity index is 239. The van der Waals surface area contributed by atoms with E-state index in [9.17, 15) is 9.59 Å². The maximum Gasteiger partial charge on any atom is 0.305 e. The molecule has 2 N–H and O–H groups in total. The van der Waals surface area contributed by atoms with Crippen LogP contribution in [-0.2, 0) is 14.3 Å². The summed E-state index contributed by atoms with van der Waals surface area (Å²) < 4.78 is 4.77. The molecule has 0 radical (unpaired) electrons. The van der Waals surface area contributed by atoms with Crippen molar-refractivity contribution in [1.82, 2.24) is 10.6 Å². The van der Waals surface area contributed by atoms with Crippen molar-refractivity contribution in [3.05, 3.63) is 0 Å². The van der Waals surface area contributed by atoms with Crippen LogP contribution in [0.1, 0.15) is 32.6 Å². The van der Waals surface area contributed by atoms with E-state index in [1.165, 1.54) is 12.8 Å². The summed E-state index contributed by atoms with van der Waals surface area (Å²) in [5.74, 6) is -0.205. The molecule has 1 rings (SSSR count). The standard InChI is InChI=1S/C11H20N2O3/c1-2-16-11(15)4-3-7-12-10(14)8-13-9-5-6-9/h9,13H,2-8H2,1H3,(H,12,14). The summed E-state index contributed by atoms with van der Waals surface area (Å²) in [5, 5.41) is 5.88. The molecule has 5 nitrogen and oxygen atoms in total. The first-order valence-corrected chi connectivity index (χ1v) is 5.88. The third-order valence-electron chi connectivity index (χ3n) is 2.31. The van der Waals surface area contributed by atoms with Gasteiger partial charge in [0.25, 0.3) is 0 Å². The van der Waals surface area contributed by atoms with Crippen LogP contribution in [0.25, 0.3) is 0 Å². The highest BCUT2D eigenvalue weighted by Crippen LogP contribution is 2.17. The number of hydrogen-bond acceptors (Lipinski definition) is 4. The minimum Gasteiger partial charge on any atom is -0.466 e. The Morgan fingerprint density at radius 3 is 2.75 bits per heavy atom. The lowest BCUT2D eigenvalue weighted by molar-refractivity contribution is -0.143. The lowest BCUT2D eigenvalue weighted by Gasteiger charge is -2.05. The van der Waals surface area contributed by atoms with Gasteiger partial charge in [-0.05, 0) is 26.2 Å². The van der Waals surface area contributed by atoms with Gasteiger partial charge in [-0.3, -0.25) is 9.59 Å². The molecule has 1 aliphatic rings. The van der Waals surface area contributed by atoms with Crippen molar-refractivity contribution < 1.29 is 14.3 Å². The largest absolute Gasteiger partial charge is 0.466 e. The molecule has 0 aliphatic heterocycles. The van der Waals surface area contributed by atoms with Crippen LogP contribution in [-0.4, -0.2) is 37.6 Å². The van der Waals surface area contributed by atoms with Gasteiger partial charge in [-0.15, -0.1) is 0 Å². The summed E-state index contributed by atoms with van der Waals surface area (Å²) in [4.78, 5) is 22.2. The summed E-state index contributed by atoms with van der Waals surface area (Å²) >= 11 is 0. The fraction of sp³-hybridized carbons (Fsp3) is 0.818. The normalized spacial score (nSPS) is 14.6. The van der Waals surface area contributed by atoms with E-state index >= 15 is 0 Å². The lowest BCUT2D eigenvalue weighted by Crippen LogP contribution is -2.35. The second-order valence-electron chi connectivity index (χ2n) is 3.91. The van der Waals surface area contributed by atoms with Crippen LogP contribution in [0.15, 0.2) is 0 Å². The smallest absolute Gasteiger partial charge is 0.305 e. The lowest BCUT2D eigenvalue weighted by atomic mass is 10.3. The highest BCUT2D eigenvalue weighted by atomic mass is 16.5. The molecule has 0 aromatic rings. The van der Waals surface area contributed by atoms with E-state index in [4.69, 9.17) is 4.74 Å². The third-order valence-corrected chi connectivity index (χ3v) is 2.31. The molecule has 5 heteroatoms. The van der Waals surface area contributed by atoms with Gasteiger partial charge in [0.15, 0.2) is 0 Å². The molecule has 1 saturated carbocycles. The van der Waals surface area contributed by atoms with Gasteiger partial charge in [-0.1, -0.05) is 0 Å². The van der Waals surface area contributed by atoms with E-state index in [0.29, 0.717) is 38.6 Å². The molecule has 0 atom stereocenters. The van der Waals surface area contributed by atoms with Crippen LogP contribution in [0, 0.1) is 0 Å². The fourth-order valence-corrected chi connectivity index (χ4v) is 1.28. The molecule has 1 amide bonds. The van der Waals surface area contributed by atoms with Crippen molar-refractivity contribution in [2.75, 3.05) is 19.7 Å². The first kappa shape index (κ1) is 13.0. The number of carbonyl (C=O) groups excluding carboxylic acids is 2. The van der Waals surface area contributed by atoms with E-state index in [-0.39, 0.29) is 11.9 Å². The van der Waals surface area contributed by atoms with Gasteiger partial charge >= 0.3 is 5.97 Å². The van der Waals surface area contributed by atoms with E-state index in [2.05, 4.69) is 10.6 Å². The number of nitrogens with one attached hydrogen (secondary N) is 2. The molecule has 16 heavy (non-hydrogen) atoms.